The standard InChI is InChI=1S/C29H24Cl2N4O5/c1-36-17-6-9-22(37-2)18(12-17)27-26-25(19(13-32)28(33)40-29(26)35-34-27)16-5-8-23(24(11-16)38-3)39-14-15-4-7-20(30)21(31)10-15/h4-12,19,25,33H,14H2,1-3H3,(H,34,35). The molecule has 1 aliphatic rings. The van der Waals surface area contributed by atoms with Crippen molar-refractivity contribution in [2.75, 3.05) is 21.3 Å². The van der Waals surface area contributed by atoms with Gasteiger partial charge < -0.3 is 23.7 Å². The second kappa shape index (κ2) is 11.4. The van der Waals surface area contributed by atoms with E-state index in [1.165, 1.54) is 7.11 Å². The van der Waals surface area contributed by atoms with Crippen molar-refractivity contribution in [1.29, 1.82) is 10.7 Å². The van der Waals surface area contributed by atoms with Crippen LogP contribution in [0.4, 0.5) is 0 Å². The first kappa shape index (κ1) is 27.2. The summed E-state index contributed by atoms with van der Waals surface area (Å²) >= 11 is 12.2. The number of aromatic amines is 1. The number of H-pyrrole nitrogens is 1. The van der Waals surface area contributed by atoms with Crippen LogP contribution < -0.4 is 23.7 Å². The molecule has 4 aromatic rings. The molecule has 0 fully saturated rings. The van der Waals surface area contributed by atoms with Crippen LogP contribution in [0.25, 0.3) is 11.3 Å². The van der Waals surface area contributed by atoms with Crippen molar-refractivity contribution in [2.24, 2.45) is 5.92 Å². The van der Waals surface area contributed by atoms with Gasteiger partial charge in [-0.1, -0.05) is 35.3 Å². The van der Waals surface area contributed by atoms with E-state index in [9.17, 15) is 5.26 Å². The van der Waals surface area contributed by atoms with Gasteiger partial charge in [0.2, 0.25) is 11.8 Å². The van der Waals surface area contributed by atoms with Gasteiger partial charge in [-0.05, 0) is 53.6 Å². The summed E-state index contributed by atoms with van der Waals surface area (Å²) < 4.78 is 28.4. The van der Waals surface area contributed by atoms with Crippen molar-refractivity contribution in [3.8, 4) is 46.2 Å². The minimum Gasteiger partial charge on any atom is -0.497 e. The number of benzene rings is 3. The van der Waals surface area contributed by atoms with Gasteiger partial charge in [0.05, 0.1) is 48.7 Å². The molecule has 11 heteroatoms. The van der Waals surface area contributed by atoms with E-state index >= 15 is 0 Å². The number of ether oxygens (including phenoxy) is 5. The molecule has 5 rings (SSSR count). The maximum atomic E-state index is 10.1. The van der Waals surface area contributed by atoms with Crippen LogP contribution in [0.1, 0.15) is 22.6 Å². The fraction of sp³-hybridized carbons (Fsp3) is 0.207. The molecule has 3 aromatic carbocycles. The number of rotatable bonds is 8. The Kier molecular flexibility index (Phi) is 7.74. The van der Waals surface area contributed by atoms with Crippen LogP contribution in [0.15, 0.2) is 54.6 Å². The minimum absolute atomic E-state index is 0.199. The van der Waals surface area contributed by atoms with Crippen LogP contribution in [0, 0.1) is 22.7 Å². The lowest BCUT2D eigenvalue weighted by Crippen LogP contribution is -2.30. The van der Waals surface area contributed by atoms with Gasteiger partial charge in [0.15, 0.2) is 11.5 Å². The number of halogens is 2. The molecule has 0 amide bonds. The van der Waals surface area contributed by atoms with Gasteiger partial charge in [-0.2, -0.15) is 5.26 Å². The molecule has 0 spiro atoms. The predicted octanol–water partition coefficient (Wildman–Crippen LogP) is 6.63. The number of hydrogen-bond acceptors (Lipinski definition) is 8. The van der Waals surface area contributed by atoms with E-state index in [4.69, 9.17) is 52.3 Å². The van der Waals surface area contributed by atoms with Crippen molar-refractivity contribution in [2.45, 2.75) is 12.5 Å². The highest BCUT2D eigenvalue weighted by atomic mass is 35.5. The fourth-order valence-electron chi connectivity index (χ4n) is 4.68. The monoisotopic (exact) mass is 578 g/mol. The third-order valence-corrected chi connectivity index (χ3v) is 7.38. The molecule has 2 unspecified atom stereocenters. The Balaban J connectivity index is 1.57. The molecule has 1 aromatic heterocycles. The molecular weight excluding hydrogens is 555 g/mol. The minimum atomic E-state index is -0.923. The van der Waals surface area contributed by atoms with Crippen molar-refractivity contribution < 1.29 is 23.7 Å². The fourth-order valence-corrected chi connectivity index (χ4v) is 5.00. The molecule has 9 nitrogen and oxygen atoms in total. The Bertz CT molecular complexity index is 1630. The van der Waals surface area contributed by atoms with E-state index in [-0.39, 0.29) is 18.4 Å². The number of nitrogens with one attached hydrogen (secondary N) is 2. The van der Waals surface area contributed by atoms with E-state index in [1.807, 2.05) is 18.2 Å². The predicted molar refractivity (Wildman–Crippen MR) is 150 cm³/mol. The molecule has 2 atom stereocenters. The maximum Gasteiger partial charge on any atom is 0.244 e. The molecular formula is C29H24Cl2N4O5. The zero-order chi connectivity index (χ0) is 28.4. The summed E-state index contributed by atoms with van der Waals surface area (Å²) in [6, 6.07) is 18.3. The third kappa shape index (κ3) is 4.99. The maximum absolute atomic E-state index is 10.1. The SMILES string of the molecule is COc1ccc(OC)c(-c2[nH]nc3c2C(c2ccc(OCc4ccc(Cl)c(Cl)c4)c(OC)c2)C(C#N)C(=N)O3)c1. The second-order valence-electron chi connectivity index (χ2n) is 8.88. The average molecular weight is 579 g/mol. The zero-order valence-electron chi connectivity index (χ0n) is 21.7. The lowest BCUT2D eigenvalue weighted by atomic mass is 9.78. The summed E-state index contributed by atoms with van der Waals surface area (Å²) in [5, 5.41) is 26.8. The molecule has 0 saturated heterocycles. The van der Waals surface area contributed by atoms with Crippen LogP contribution in [0.2, 0.25) is 10.0 Å². The summed E-state index contributed by atoms with van der Waals surface area (Å²) in [4.78, 5) is 0. The number of methoxy groups -OCH3 is 3. The van der Waals surface area contributed by atoms with Crippen molar-refractivity contribution in [3.05, 3.63) is 81.3 Å². The molecule has 2 N–H and O–H groups in total. The molecule has 0 saturated carbocycles. The average Bonchev–Trinajstić information content (AvgIpc) is 3.39. The highest BCUT2D eigenvalue weighted by Crippen LogP contribution is 2.49. The van der Waals surface area contributed by atoms with E-state index < -0.39 is 11.8 Å². The van der Waals surface area contributed by atoms with Gasteiger partial charge in [0, 0.05) is 11.5 Å². The van der Waals surface area contributed by atoms with E-state index in [2.05, 4.69) is 16.3 Å². The highest BCUT2D eigenvalue weighted by molar-refractivity contribution is 6.42. The first-order chi connectivity index (χ1) is 19.4. The number of hydrogen-bond donors (Lipinski definition) is 2. The first-order valence-corrected chi connectivity index (χ1v) is 12.8. The molecule has 0 aliphatic carbocycles. The number of aromatic nitrogens is 2. The summed E-state index contributed by atoms with van der Waals surface area (Å²) in [7, 11) is 4.68. The van der Waals surface area contributed by atoms with E-state index in [0.717, 1.165) is 5.56 Å². The lowest BCUT2D eigenvalue weighted by Gasteiger charge is -2.28. The number of nitrogens with zero attached hydrogens (tertiary/aromatic N) is 2. The van der Waals surface area contributed by atoms with Crippen molar-refractivity contribution in [1.82, 2.24) is 10.2 Å². The highest BCUT2D eigenvalue weighted by Gasteiger charge is 2.41. The smallest absolute Gasteiger partial charge is 0.244 e. The van der Waals surface area contributed by atoms with Crippen LogP contribution in [-0.4, -0.2) is 37.4 Å². The molecule has 204 valence electrons. The summed E-state index contributed by atoms with van der Waals surface area (Å²) in [6.07, 6.45) is 0. The van der Waals surface area contributed by atoms with Crippen LogP contribution in [0.5, 0.6) is 28.9 Å². The van der Waals surface area contributed by atoms with Crippen molar-refractivity contribution in [3.63, 3.8) is 0 Å². The quantitative estimate of drug-likeness (QED) is 0.240. The molecule has 1 aliphatic heterocycles. The Labute approximate surface area is 240 Å². The van der Waals surface area contributed by atoms with Crippen LogP contribution in [-0.2, 0) is 6.61 Å². The van der Waals surface area contributed by atoms with E-state index in [0.29, 0.717) is 55.4 Å². The molecule has 2 heterocycles. The van der Waals surface area contributed by atoms with Crippen LogP contribution in [0.3, 0.4) is 0 Å². The van der Waals surface area contributed by atoms with Gasteiger partial charge in [-0.25, -0.2) is 0 Å². The molecule has 0 bridgehead atoms. The lowest BCUT2D eigenvalue weighted by molar-refractivity contribution is 0.284. The molecule has 40 heavy (non-hydrogen) atoms. The number of fused-ring (bicyclic) bond motifs is 1. The third-order valence-electron chi connectivity index (χ3n) is 6.64. The van der Waals surface area contributed by atoms with Gasteiger partial charge in [-0.15, -0.1) is 5.10 Å². The molecule has 0 radical (unpaired) electrons. The summed E-state index contributed by atoms with van der Waals surface area (Å²) in [5.41, 5.74) is 3.41. The Hall–Kier alpha value is -4.39. The summed E-state index contributed by atoms with van der Waals surface area (Å²) in [6.45, 7) is 0.237. The van der Waals surface area contributed by atoms with Crippen LogP contribution >= 0.6 is 23.2 Å². The van der Waals surface area contributed by atoms with Gasteiger partial charge in [0.1, 0.15) is 24.0 Å². The zero-order valence-corrected chi connectivity index (χ0v) is 23.3. The van der Waals surface area contributed by atoms with Gasteiger partial charge in [-0.3, -0.25) is 10.5 Å². The van der Waals surface area contributed by atoms with E-state index in [1.54, 1.807) is 50.6 Å². The Morgan fingerprint density at radius 1 is 0.950 bits per heavy atom. The second-order valence-corrected chi connectivity index (χ2v) is 9.70. The number of nitriles is 1. The Morgan fingerprint density at radius 2 is 1.73 bits per heavy atom. The topological polar surface area (TPSA) is 122 Å². The normalized spacial score (nSPS) is 15.9. The van der Waals surface area contributed by atoms with Crippen molar-refractivity contribution >= 4 is 29.1 Å². The van der Waals surface area contributed by atoms with Gasteiger partial charge in [0.25, 0.3) is 0 Å². The van der Waals surface area contributed by atoms with Gasteiger partial charge >= 0.3 is 0 Å². The first-order valence-electron chi connectivity index (χ1n) is 12.1. The summed E-state index contributed by atoms with van der Waals surface area (Å²) in [5.74, 6) is 0.616. The Morgan fingerprint density at radius 3 is 2.42 bits per heavy atom. The largest absolute Gasteiger partial charge is 0.497 e.